The Morgan fingerprint density at radius 2 is 1.87 bits per heavy atom. The van der Waals surface area contributed by atoms with Crippen molar-refractivity contribution in [3.05, 3.63) is 77.2 Å². The molecular formula is C22H21FN4O3. The Labute approximate surface area is 173 Å². The molecular weight excluding hydrogens is 387 g/mol. The lowest BCUT2D eigenvalue weighted by Crippen LogP contribution is -2.30. The molecule has 30 heavy (non-hydrogen) atoms. The molecule has 2 heterocycles. The smallest absolute Gasteiger partial charge is 0.338 e. The van der Waals surface area contributed by atoms with Gasteiger partial charge >= 0.3 is 5.97 Å². The number of fused-ring (bicyclic) bond motifs is 1. The van der Waals surface area contributed by atoms with Crippen LogP contribution in [0.15, 0.2) is 65.9 Å². The number of carbonyl (C=O) groups excluding carboxylic acids is 1. The van der Waals surface area contributed by atoms with E-state index in [0.717, 1.165) is 5.56 Å². The van der Waals surface area contributed by atoms with E-state index in [4.69, 9.17) is 9.47 Å². The fraction of sp³-hybridized carbons (Fsp3) is 0.227. The number of hydrogen-bond donors (Lipinski definition) is 1. The number of nitrogens with zero attached hydrogens (tertiary/aromatic N) is 3. The Kier molecular flexibility index (Phi) is 5.58. The molecule has 0 saturated carbocycles. The van der Waals surface area contributed by atoms with Gasteiger partial charge in [0.1, 0.15) is 18.5 Å². The van der Waals surface area contributed by atoms with Crippen LogP contribution in [0.5, 0.6) is 0 Å². The van der Waals surface area contributed by atoms with Gasteiger partial charge in [0.2, 0.25) is 5.95 Å². The zero-order chi connectivity index (χ0) is 21.1. The molecule has 0 unspecified atom stereocenters. The molecule has 1 aromatic heterocycles. The van der Waals surface area contributed by atoms with Gasteiger partial charge in [0.05, 0.1) is 12.2 Å². The number of benzene rings is 2. The van der Waals surface area contributed by atoms with Crippen molar-refractivity contribution in [1.29, 1.82) is 0 Å². The highest BCUT2D eigenvalue weighted by molar-refractivity contribution is 5.92. The van der Waals surface area contributed by atoms with E-state index < -0.39 is 12.0 Å². The van der Waals surface area contributed by atoms with Crippen LogP contribution < -0.4 is 5.32 Å². The summed E-state index contributed by atoms with van der Waals surface area (Å²) in [5, 5.41) is 7.77. The topological polar surface area (TPSA) is 78.3 Å². The SMILES string of the molecule is COCCOC(=O)C1=C(C)Nc2nc(-c3ccc(F)cc3)nn2[C@H]1c1ccccc1. The lowest BCUT2D eigenvalue weighted by Gasteiger charge is -2.28. The molecule has 0 amide bonds. The fourth-order valence-electron chi connectivity index (χ4n) is 3.38. The predicted molar refractivity (Wildman–Crippen MR) is 109 cm³/mol. The number of nitrogens with one attached hydrogen (secondary N) is 1. The minimum atomic E-state index is -0.515. The van der Waals surface area contributed by atoms with Crippen molar-refractivity contribution >= 4 is 11.9 Å². The number of esters is 1. The summed E-state index contributed by atoms with van der Waals surface area (Å²) < 4.78 is 25.3. The molecule has 4 rings (SSSR count). The third kappa shape index (κ3) is 3.81. The van der Waals surface area contributed by atoms with Crippen molar-refractivity contribution in [1.82, 2.24) is 14.8 Å². The largest absolute Gasteiger partial charge is 0.460 e. The van der Waals surface area contributed by atoms with Crippen LogP contribution in [0.4, 0.5) is 10.3 Å². The van der Waals surface area contributed by atoms with E-state index in [9.17, 15) is 9.18 Å². The average Bonchev–Trinajstić information content (AvgIpc) is 3.17. The Morgan fingerprint density at radius 3 is 2.57 bits per heavy atom. The van der Waals surface area contributed by atoms with Gasteiger partial charge in [-0.05, 0) is 36.8 Å². The number of ether oxygens (including phenoxy) is 2. The first-order valence-corrected chi connectivity index (χ1v) is 9.49. The van der Waals surface area contributed by atoms with Crippen molar-refractivity contribution in [2.75, 3.05) is 25.6 Å². The molecule has 0 saturated heterocycles. The first kappa shape index (κ1) is 19.8. The monoisotopic (exact) mass is 408 g/mol. The summed E-state index contributed by atoms with van der Waals surface area (Å²) in [6, 6.07) is 15.0. The Balaban J connectivity index is 1.77. The molecule has 0 fully saturated rings. The van der Waals surface area contributed by atoms with Gasteiger partial charge in [-0.15, -0.1) is 5.10 Å². The predicted octanol–water partition coefficient (Wildman–Crippen LogP) is 3.56. The van der Waals surface area contributed by atoms with Crippen molar-refractivity contribution in [3.8, 4) is 11.4 Å². The Bertz CT molecular complexity index is 1080. The summed E-state index contributed by atoms with van der Waals surface area (Å²) >= 11 is 0. The number of rotatable bonds is 6. The number of methoxy groups -OCH3 is 1. The number of allylic oxidation sites excluding steroid dienone is 1. The highest BCUT2D eigenvalue weighted by Crippen LogP contribution is 2.36. The summed E-state index contributed by atoms with van der Waals surface area (Å²) in [6.45, 7) is 2.27. The summed E-state index contributed by atoms with van der Waals surface area (Å²) in [6.07, 6.45) is 0. The maximum atomic E-state index is 13.3. The summed E-state index contributed by atoms with van der Waals surface area (Å²) in [5.74, 6) is 0.145. The van der Waals surface area contributed by atoms with Crippen LogP contribution in [0.25, 0.3) is 11.4 Å². The maximum Gasteiger partial charge on any atom is 0.338 e. The van der Waals surface area contributed by atoms with E-state index in [1.54, 1.807) is 30.8 Å². The highest BCUT2D eigenvalue weighted by Gasteiger charge is 2.35. The third-order valence-corrected chi connectivity index (χ3v) is 4.81. The lowest BCUT2D eigenvalue weighted by atomic mass is 9.96. The second-order valence-electron chi connectivity index (χ2n) is 6.82. The van der Waals surface area contributed by atoms with Crippen molar-refractivity contribution < 1.29 is 18.7 Å². The number of anilines is 1. The van der Waals surface area contributed by atoms with Gasteiger partial charge in [0.25, 0.3) is 0 Å². The molecule has 2 aromatic carbocycles. The van der Waals surface area contributed by atoms with Gasteiger partial charge in [-0.3, -0.25) is 0 Å². The minimum absolute atomic E-state index is 0.151. The molecule has 7 nitrogen and oxygen atoms in total. The molecule has 154 valence electrons. The molecule has 1 atom stereocenters. The van der Waals surface area contributed by atoms with E-state index in [-0.39, 0.29) is 12.4 Å². The van der Waals surface area contributed by atoms with Crippen LogP contribution in [-0.2, 0) is 14.3 Å². The van der Waals surface area contributed by atoms with Gasteiger partial charge < -0.3 is 14.8 Å². The van der Waals surface area contributed by atoms with Crippen molar-refractivity contribution in [2.24, 2.45) is 0 Å². The van der Waals surface area contributed by atoms with Gasteiger partial charge in [0, 0.05) is 18.4 Å². The van der Waals surface area contributed by atoms with Gasteiger partial charge in [-0.2, -0.15) is 4.98 Å². The first-order chi connectivity index (χ1) is 14.6. The summed E-state index contributed by atoms with van der Waals surface area (Å²) in [7, 11) is 1.55. The standard InChI is InChI=1S/C22H21FN4O3/c1-14-18(21(28)30-13-12-29-2)19(15-6-4-3-5-7-15)27-22(24-14)25-20(26-27)16-8-10-17(23)11-9-16/h3-11,19H,12-13H2,1-2H3,(H,24,25,26)/t19-/m0/s1. The molecule has 1 aliphatic rings. The fourth-order valence-corrected chi connectivity index (χ4v) is 3.38. The van der Waals surface area contributed by atoms with Crippen molar-refractivity contribution in [2.45, 2.75) is 13.0 Å². The second-order valence-corrected chi connectivity index (χ2v) is 6.82. The maximum absolute atomic E-state index is 13.3. The van der Waals surface area contributed by atoms with Gasteiger partial charge in [-0.25, -0.2) is 13.9 Å². The van der Waals surface area contributed by atoms with Crippen LogP contribution in [0, 0.1) is 5.82 Å². The molecule has 8 heteroatoms. The number of halogens is 1. The van der Waals surface area contributed by atoms with Gasteiger partial charge in [-0.1, -0.05) is 30.3 Å². The number of hydrogen-bond acceptors (Lipinski definition) is 6. The van der Waals surface area contributed by atoms with Crippen LogP contribution >= 0.6 is 0 Å². The normalized spacial score (nSPS) is 15.5. The van der Waals surface area contributed by atoms with E-state index in [1.807, 2.05) is 30.3 Å². The van der Waals surface area contributed by atoms with Crippen LogP contribution in [0.1, 0.15) is 18.5 Å². The zero-order valence-corrected chi connectivity index (χ0v) is 16.6. The van der Waals surface area contributed by atoms with Gasteiger partial charge in [0.15, 0.2) is 5.82 Å². The number of carbonyl (C=O) groups is 1. The molecule has 3 aromatic rings. The summed E-state index contributed by atoms with van der Waals surface area (Å²) in [4.78, 5) is 17.5. The number of aromatic nitrogens is 3. The third-order valence-electron chi connectivity index (χ3n) is 4.81. The van der Waals surface area contributed by atoms with E-state index in [2.05, 4.69) is 15.4 Å². The molecule has 1 aliphatic heterocycles. The molecule has 0 spiro atoms. The zero-order valence-electron chi connectivity index (χ0n) is 16.6. The first-order valence-electron chi connectivity index (χ1n) is 9.49. The Hall–Kier alpha value is -3.52. The second kappa shape index (κ2) is 8.46. The van der Waals surface area contributed by atoms with E-state index in [1.165, 1.54) is 12.1 Å². The molecule has 0 bridgehead atoms. The molecule has 0 aliphatic carbocycles. The quantitative estimate of drug-likeness (QED) is 0.496. The van der Waals surface area contributed by atoms with Crippen LogP contribution in [0.2, 0.25) is 0 Å². The van der Waals surface area contributed by atoms with Crippen LogP contribution in [0.3, 0.4) is 0 Å². The summed E-state index contributed by atoms with van der Waals surface area (Å²) in [5.41, 5.74) is 2.62. The lowest BCUT2D eigenvalue weighted by molar-refractivity contribution is -0.140. The highest BCUT2D eigenvalue weighted by atomic mass is 19.1. The average molecular weight is 408 g/mol. The minimum Gasteiger partial charge on any atom is -0.460 e. The van der Waals surface area contributed by atoms with Crippen LogP contribution in [-0.4, -0.2) is 41.1 Å². The van der Waals surface area contributed by atoms with E-state index in [0.29, 0.717) is 35.2 Å². The van der Waals surface area contributed by atoms with Crippen molar-refractivity contribution in [3.63, 3.8) is 0 Å². The van der Waals surface area contributed by atoms with E-state index >= 15 is 0 Å². The molecule has 0 radical (unpaired) electrons. The Morgan fingerprint density at radius 1 is 1.13 bits per heavy atom. The molecule has 1 N–H and O–H groups in total.